The molecule has 0 unspecified atom stereocenters. The second-order valence-electron chi connectivity index (χ2n) is 8.19. The molecule has 4 aromatic rings. The number of nitrogens with zero attached hydrogens (tertiary/aromatic N) is 7. The maximum atomic E-state index is 13.8. The zero-order chi connectivity index (χ0) is 22.2. The number of halogens is 1. The van der Waals surface area contributed by atoms with Crippen LogP contribution in [0.4, 0.5) is 4.39 Å². The predicted molar refractivity (Wildman–Crippen MR) is 114 cm³/mol. The van der Waals surface area contributed by atoms with Crippen molar-refractivity contribution in [2.75, 3.05) is 6.61 Å². The molecule has 0 radical (unpaired) electrons. The summed E-state index contributed by atoms with van der Waals surface area (Å²) in [6, 6.07) is 5.11. The quantitative estimate of drug-likeness (QED) is 0.516. The first-order chi connectivity index (χ1) is 15.6. The van der Waals surface area contributed by atoms with Crippen LogP contribution in [0.3, 0.4) is 0 Å². The van der Waals surface area contributed by atoms with E-state index in [2.05, 4.69) is 16.0 Å². The van der Waals surface area contributed by atoms with Crippen LogP contribution in [0.1, 0.15) is 38.1 Å². The van der Waals surface area contributed by atoms with E-state index < -0.39 is 5.82 Å². The topological polar surface area (TPSA) is 114 Å². The number of hydrogen-bond donors (Lipinski definition) is 1. The monoisotopic (exact) mass is 435 g/mol. The Labute approximate surface area is 182 Å². The number of rotatable bonds is 5. The maximum absolute atomic E-state index is 13.8. The van der Waals surface area contributed by atoms with Gasteiger partial charge in [0.15, 0.2) is 11.5 Å². The highest BCUT2D eigenvalue weighted by molar-refractivity contribution is 5.73. The molecule has 9 nitrogen and oxygen atoms in total. The van der Waals surface area contributed by atoms with Crippen molar-refractivity contribution in [2.24, 2.45) is 5.92 Å². The van der Waals surface area contributed by atoms with Crippen LogP contribution in [-0.2, 0) is 6.54 Å². The van der Waals surface area contributed by atoms with Gasteiger partial charge in [0.2, 0.25) is 0 Å². The van der Waals surface area contributed by atoms with Crippen molar-refractivity contribution in [2.45, 2.75) is 44.7 Å². The summed E-state index contributed by atoms with van der Waals surface area (Å²) >= 11 is 0. The average molecular weight is 435 g/mol. The number of aliphatic hydroxyl groups excluding tert-OH is 1. The number of pyridine rings is 1. The average Bonchev–Trinajstić information content (AvgIpc) is 3.33. The van der Waals surface area contributed by atoms with Crippen LogP contribution >= 0.6 is 0 Å². The highest BCUT2D eigenvalue weighted by atomic mass is 19.1. The highest BCUT2D eigenvalue weighted by Gasteiger charge is 2.27. The van der Waals surface area contributed by atoms with Crippen molar-refractivity contribution < 1.29 is 9.50 Å². The lowest BCUT2D eigenvalue weighted by atomic mass is 9.84. The molecule has 10 heteroatoms. The fourth-order valence-electron chi connectivity index (χ4n) is 4.68. The number of fused-ring (bicyclic) bond motifs is 2. The van der Waals surface area contributed by atoms with Gasteiger partial charge in [-0.05, 0) is 43.7 Å². The lowest BCUT2D eigenvalue weighted by Gasteiger charge is -2.27. The Kier molecular flexibility index (Phi) is 5.19. The number of aliphatic hydroxyl groups is 1. The largest absolute Gasteiger partial charge is 0.395 e. The summed E-state index contributed by atoms with van der Waals surface area (Å²) in [5.74, 6) is 0.289. The SMILES string of the molecule is N#CC[C@H]1CC[C@H](n2c(=O)n(CCO)c3cnc(-c4cnc5ccc(F)cn45)nc32)CC1. The lowest BCUT2D eigenvalue weighted by molar-refractivity contribution is 0.264. The Morgan fingerprint density at radius 3 is 2.75 bits per heavy atom. The maximum Gasteiger partial charge on any atom is 0.330 e. The summed E-state index contributed by atoms with van der Waals surface area (Å²) in [5, 5.41) is 18.5. The van der Waals surface area contributed by atoms with E-state index in [0.717, 1.165) is 25.7 Å². The molecule has 4 aromatic heterocycles. The van der Waals surface area contributed by atoms with Gasteiger partial charge in [-0.15, -0.1) is 0 Å². The molecular formula is C22H22FN7O2. The third-order valence-electron chi connectivity index (χ3n) is 6.29. The molecule has 0 spiro atoms. The Balaban J connectivity index is 1.63. The normalized spacial score (nSPS) is 18.9. The summed E-state index contributed by atoms with van der Waals surface area (Å²) in [6.07, 6.45) is 8.33. The van der Waals surface area contributed by atoms with Gasteiger partial charge in [-0.3, -0.25) is 13.5 Å². The fraction of sp³-hybridized carbons (Fsp3) is 0.409. The van der Waals surface area contributed by atoms with Gasteiger partial charge in [0.25, 0.3) is 0 Å². The molecule has 0 amide bonds. The van der Waals surface area contributed by atoms with Gasteiger partial charge in [-0.1, -0.05) is 0 Å². The van der Waals surface area contributed by atoms with Crippen molar-refractivity contribution in [1.29, 1.82) is 5.26 Å². The molecule has 4 heterocycles. The van der Waals surface area contributed by atoms with Gasteiger partial charge in [0.05, 0.1) is 31.6 Å². The smallest absolute Gasteiger partial charge is 0.330 e. The zero-order valence-corrected chi connectivity index (χ0v) is 17.4. The lowest BCUT2D eigenvalue weighted by Crippen LogP contribution is -2.30. The Bertz CT molecular complexity index is 1390. The van der Waals surface area contributed by atoms with Crippen LogP contribution in [0.15, 0.2) is 35.5 Å². The minimum Gasteiger partial charge on any atom is -0.395 e. The minimum atomic E-state index is -0.405. The summed E-state index contributed by atoms with van der Waals surface area (Å²) in [4.78, 5) is 26.7. The first-order valence-electron chi connectivity index (χ1n) is 10.7. The van der Waals surface area contributed by atoms with Gasteiger partial charge < -0.3 is 5.11 Å². The van der Waals surface area contributed by atoms with E-state index in [1.54, 1.807) is 27.4 Å². The third-order valence-corrected chi connectivity index (χ3v) is 6.29. The van der Waals surface area contributed by atoms with Crippen LogP contribution in [0, 0.1) is 23.1 Å². The molecule has 1 aliphatic carbocycles. The van der Waals surface area contributed by atoms with Crippen molar-refractivity contribution in [3.8, 4) is 17.6 Å². The number of hydrogen-bond acceptors (Lipinski definition) is 6. The van der Waals surface area contributed by atoms with E-state index in [4.69, 9.17) is 10.2 Å². The van der Waals surface area contributed by atoms with Crippen molar-refractivity contribution >= 4 is 16.8 Å². The molecule has 32 heavy (non-hydrogen) atoms. The van der Waals surface area contributed by atoms with E-state index in [1.807, 2.05) is 0 Å². The minimum absolute atomic E-state index is 0.0396. The highest BCUT2D eigenvalue weighted by Crippen LogP contribution is 2.34. The van der Waals surface area contributed by atoms with Crippen molar-refractivity contribution in [1.82, 2.24) is 28.5 Å². The predicted octanol–water partition coefficient (Wildman–Crippen LogP) is 2.68. The standard InChI is InChI=1S/C22H22FN7O2/c23-15-3-6-19-25-11-17(29(19)13-15)20-26-12-18-21(27-20)30(22(32)28(18)9-10-31)16-4-1-14(2-5-16)7-8-24/h3,6,11-14,16,31H,1-2,4-5,7,9-10H2/t14-,16-. The molecule has 0 aromatic carbocycles. The van der Waals surface area contributed by atoms with Crippen molar-refractivity contribution in [3.63, 3.8) is 0 Å². The van der Waals surface area contributed by atoms with Gasteiger partial charge in [-0.25, -0.2) is 24.1 Å². The van der Waals surface area contributed by atoms with E-state index in [1.165, 1.54) is 16.8 Å². The van der Waals surface area contributed by atoms with Crippen LogP contribution in [0.2, 0.25) is 0 Å². The summed E-state index contributed by atoms with van der Waals surface area (Å²) in [5.41, 5.74) is 1.90. The summed E-state index contributed by atoms with van der Waals surface area (Å²) in [6.45, 7) is -0.0299. The van der Waals surface area contributed by atoms with Crippen LogP contribution in [-0.4, -0.2) is 40.2 Å². The zero-order valence-electron chi connectivity index (χ0n) is 17.4. The van der Waals surface area contributed by atoms with Gasteiger partial charge in [-0.2, -0.15) is 5.26 Å². The second kappa shape index (κ2) is 8.16. The molecule has 1 N–H and O–H groups in total. The van der Waals surface area contributed by atoms with E-state index >= 15 is 0 Å². The summed E-state index contributed by atoms with van der Waals surface area (Å²) in [7, 11) is 0. The van der Waals surface area contributed by atoms with Gasteiger partial charge in [0, 0.05) is 18.7 Å². The first kappa shape index (κ1) is 20.3. The molecule has 0 atom stereocenters. The van der Waals surface area contributed by atoms with E-state index in [9.17, 15) is 14.3 Å². The summed E-state index contributed by atoms with van der Waals surface area (Å²) < 4.78 is 18.6. The van der Waals surface area contributed by atoms with E-state index in [-0.39, 0.29) is 24.9 Å². The molecule has 0 bridgehead atoms. The molecule has 164 valence electrons. The molecule has 1 aliphatic rings. The Morgan fingerprint density at radius 1 is 1.19 bits per heavy atom. The first-order valence-corrected chi connectivity index (χ1v) is 10.7. The number of aromatic nitrogens is 6. The molecule has 0 saturated heterocycles. The van der Waals surface area contributed by atoms with Gasteiger partial charge >= 0.3 is 5.69 Å². The van der Waals surface area contributed by atoms with E-state index in [0.29, 0.717) is 40.7 Å². The van der Waals surface area contributed by atoms with Crippen LogP contribution < -0.4 is 5.69 Å². The molecule has 1 saturated carbocycles. The number of imidazole rings is 2. The fourth-order valence-corrected chi connectivity index (χ4v) is 4.68. The van der Waals surface area contributed by atoms with Gasteiger partial charge in [0.1, 0.15) is 22.7 Å². The number of nitriles is 1. The molecule has 1 fully saturated rings. The Hall–Kier alpha value is -3.58. The third kappa shape index (κ3) is 3.35. The molecular weight excluding hydrogens is 413 g/mol. The van der Waals surface area contributed by atoms with Crippen molar-refractivity contribution in [3.05, 3.63) is 47.0 Å². The van der Waals surface area contributed by atoms with Crippen LogP contribution in [0.25, 0.3) is 28.3 Å². The Morgan fingerprint density at radius 2 is 2.00 bits per heavy atom. The van der Waals surface area contributed by atoms with Crippen LogP contribution in [0.5, 0.6) is 0 Å². The molecule has 0 aliphatic heterocycles. The second-order valence-corrected chi connectivity index (χ2v) is 8.19. The molecule has 5 rings (SSSR count).